The van der Waals surface area contributed by atoms with E-state index in [0.29, 0.717) is 18.9 Å². The van der Waals surface area contributed by atoms with Gasteiger partial charge in [-0.2, -0.15) is 0 Å². The quantitative estimate of drug-likeness (QED) is 0.913. The predicted octanol–water partition coefficient (Wildman–Crippen LogP) is 2.61. The monoisotopic (exact) mass is 336 g/mol. The maximum absolute atomic E-state index is 13.2. The standard InChI is InChI=1S/C20H20N2O3/c23-18(21-11-14-4-3-9-25-14)16-10-20(16)15-5-1-2-6-17(15)22(19(20)24)12-13-7-8-13/h1-6,9,13,16H,7-8,10-12H2,(H,21,23). The zero-order chi connectivity index (χ0) is 17.0. The molecule has 1 N–H and O–H groups in total. The number of nitrogens with one attached hydrogen (secondary N) is 1. The van der Waals surface area contributed by atoms with Gasteiger partial charge in [-0.3, -0.25) is 9.59 Å². The Labute approximate surface area is 146 Å². The van der Waals surface area contributed by atoms with Crippen molar-refractivity contribution in [2.75, 3.05) is 11.4 Å². The van der Waals surface area contributed by atoms with Crippen molar-refractivity contribution in [2.45, 2.75) is 31.2 Å². The molecule has 0 radical (unpaired) electrons. The Kier molecular flexibility index (Phi) is 3.08. The molecule has 0 saturated heterocycles. The molecule has 1 aromatic carbocycles. The number of nitrogens with zero attached hydrogens (tertiary/aromatic N) is 1. The van der Waals surface area contributed by atoms with E-state index in [1.165, 1.54) is 12.8 Å². The van der Waals surface area contributed by atoms with Crippen LogP contribution < -0.4 is 10.2 Å². The Morgan fingerprint density at radius 2 is 2.08 bits per heavy atom. The number of hydrogen-bond acceptors (Lipinski definition) is 3. The zero-order valence-corrected chi connectivity index (χ0v) is 13.9. The van der Waals surface area contributed by atoms with Gasteiger partial charge < -0.3 is 14.6 Å². The highest BCUT2D eigenvalue weighted by Crippen LogP contribution is 2.62. The van der Waals surface area contributed by atoms with E-state index in [0.717, 1.165) is 23.6 Å². The van der Waals surface area contributed by atoms with Crippen LogP contribution in [0.5, 0.6) is 0 Å². The molecule has 1 aliphatic heterocycles. The molecule has 1 aromatic heterocycles. The Morgan fingerprint density at radius 1 is 1.24 bits per heavy atom. The largest absolute Gasteiger partial charge is 0.467 e. The lowest BCUT2D eigenvalue weighted by molar-refractivity contribution is -0.126. The topological polar surface area (TPSA) is 62.6 Å². The second-order valence-corrected chi connectivity index (χ2v) is 7.40. The van der Waals surface area contributed by atoms with E-state index in [4.69, 9.17) is 4.42 Å². The third-order valence-electron chi connectivity index (χ3n) is 5.73. The molecule has 2 heterocycles. The number of fused-ring (bicyclic) bond motifs is 2. The summed E-state index contributed by atoms with van der Waals surface area (Å²) < 4.78 is 5.26. The fourth-order valence-electron chi connectivity index (χ4n) is 4.12. The van der Waals surface area contributed by atoms with Crippen molar-refractivity contribution in [1.82, 2.24) is 5.32 Å². The van der Waals surface area contributed by atoms with E-state index in [9.17, 15) is 9.59 Å². The number of para-hydroxylation sites is 1. The molecule has 25 heavy (non-hydrogen) atoms. The fourth-order valence-corrected chi connectivity index (χ4v) is 4.12. The van der Waals surface area contributed by atoms with Crippen LogP contribution in [0.3, 0.4) is 0 Å². The molecule has 2 fully saturated rings. The summed E-state index contributed by atoms with van der Waals surface area (Å²) in [5, 5.41) is 2.91. The lowest BCUT2D eigenvalue weighted by atomic mass is 9.94. The van der Waals surface area contributed by atoms with Crippen molar-refractivity contribution in [1.29, 1.82) is 0 Å². The fraction of sp³-hybridized carbons (Fsp3) is 0.400. The Hall–Kier alpha value is -2.56. The summed E-state index contributed by atoms with van der Waals surface area (Å²) in [6.07, 6.45) is 4.60. The number of anilines is 1. The van der Waals surface area contributed by atoms with Gasteiger partial charge in [0.1, 0.15) is 5.76 Å². The van der Waals surface area contributed by atoms with Gasteiger partial charge in [-0.1, -0.05) is 18.2 Å². The normalized spacial score (nSPS) is 26.8. The van der Waals surface area contributed by atoms with Crippen molar-refractivity contribution >= 4 is 17.5 Å². The first-order valence-electron chi connectivity index (χ1n) is 8.92. The highest BCUT2D eigenvalue weighted by Gasteiger charge is 2.69. The first-order valence-corrected chi connectivity index (χ1v) is 8.92. The number of benzene rings is 1. The highest BCUT2D eigenvalue weighted by molar-refractivity contribution is 6.14. The third-order valence-corrected chi connectivity index (χ3v) is 5.73. The second kappa shape index (κ2) is 5.22. The van der Waals surface area contributed by atoms with Gasteiger partial charge in [0.25, 0.3) is 0 Å². The second-order valence-electron chi connectivity index (χ2n) is 7.40. The first-order chi connectivity index (χ1) is 12.2. The van der Waals surface area contributed by atoms with Crippen LogP contribution in [-0.2, 0) is 21.5 Å². The van der Waals surface area contributed by atoms with Gasteiger partial charge in [-0.05, 0) is 48.9 Å². The molecule has 0 bridgehead atoms. The number of carbonyl (C=O) groups is 2. The number of furan rings is 1. The molecule has 5 rings (SSSR count). The minimum atomic E-state index is -0.640. The van der Waals surface area contributed by atoms with Crippen LogP contribution in [0.4, 0.5) is 5.69 Å². The van der Waals surface area contributed by atoms with Gasteiger partial charge in [-0.25, -0.2) is 0 Å². The van der Waals surface area contributed by atoms with Crippen LogP contribution in [0, 0.1) is 11.8 Å². The molecule has 3 aliphatic rings. The van der Waals surface area contributed by atoms with Crippen LogP contribution in [0.2, 0.25) is 0 Å². The minimum Gasteiger partial charge on any atom is -0.467 e. The van der Waals surface area contributed by atoms with Gasteiger partial charge in [-0.15, -0.1) is 0 Å². The summed E-state index contributed by atoms with van der Waals surface area (Å²) >= 11 is 0. The number of hydrogen-bond donors (Lipinski definition) is 1. The zero-order valence-electron chi connectivity index (χ0n) is 13.9. The molecule has 2 aliphatic carbocycles. The van der Waals surface area contributed by atoms with Gasteiger partial charge in [0, 0.05) is 12.2 Å². The summed E-state index contributed by atoms with van der Waals surface area (Å²) in [5.74, 6) is 1.11. The average molecular weight is 336 g/mol. The highest BCUT2D eigenvalue weighted by atomic mass is 16.3. The molecule has 2 amide bonds. The van der Waals surface area contributed by atoms with Crippen molar-refractivity contribution in [3.63, 3.8) is 0 Å². The van der Waals surface area contributed by atoms with Gasteiger partial charge in [0.2, 0.25) is 11.8 Å². The summed E-state index contributed by atoms with van der Waals surface area (Å²) in [7, 11) is 0. The predicted molar refractivity (Wildman–Crippen MR) is 91.9 cm³/mol. The number of rotatable bonds is 5. The van der Waals surface area contributed by atoms with Gasteiger partial charge >= 0.3 is 0 Å². The maximum atomic E-state index is 13.2. The molecular weight excluding hydrogens is 316 g/mol. The number of carbonyl (C=O) groups excluding carboxylic acids is 2. The minimum absolute atomic E-state index is 0.0622. The summed E-state index contributed by atoms with van der Waals surface area (Å²) in [4.78, 5) is 27.7. The average Bonchev–Trinajstić information content (AvgIpc) is 3.52. The van der Waals surface area contributed by atoms with E-state index in [2.05, 4.69) is 5.32 Å². The van der Waals surface area contributed by atoms with Crippen LogP contribution in [-0.4, -0.2) is 18.4 Å². The molecule has 2 saturated carbocycles. The number of amides is 2. The van der Waals surface area contributed by atoms with Crippen LogP contribution in [0.1, 0.15) is 30.6 Å². The molecule has 2 aromatic rings. The van der Waals surface area contributed by atoms with E-state index in [1.54, 1.807) is 12.3 Å². The van der Waals surface area contributed by atoms with Crippen molar-refractivity contribution < 1.29 is 14.0 Å². The smallest absolute Gasteiger partial charge is 0.238 e. The lowest BCUT2D eigenvalue weighted by Gasteiger charge is -2.17. The molecular formula is C20H20N2O3. The Balaban J connectivity index is 1.38. The first kappa shape index (κ1) is 14.8. The molecule has 2 atom stereocenters. The Morgan fingerprint density at radius 3 is 2.84 bits per heavy atom. The van der Waals surface area contributed by atoms with E-state index in [1.807, 2.05) is 35.2 Å². The third kappa shape index (κ3) is 2.22. The Bertz CT molecular complexity index is 840. The molecule has 5 nitrogen and oxygen atoms in total. The van der Waals surface area contributed by atoms with E-state index >= 15 is 0 Å². The summed E-state index contributed by atoms with van der Waals surface area (Å²) in [6, 6.07) is 11.6. The molecule has 2 unspecified atom stereocenters. The summed E-state index contributed by atoms with van der Waals surface area (Å²) in [6.45, 7) is 1.15. The lowest BCUT2D eigenvalue weighted by Crippen LogP contribution is -2.37. The maximum Gasteiger partial charge on any atom is 0.238 e. The summed E-state index contributed by atoms with van der Waals surface area (Å²) in [5.41, 5.74) is 1.39. The van der Waals surface area contributed by atoms with Crippen LogP contribution >= 0.6 is 0 Å². The van der Waals surface area contributed by atoms with Crippen molar-refractivity contribution in [3.05, 3.63) is 54.0 Å². The molecule has 1 spiro atoms. The van der Waals surface area contributed by atoms with Crippen LogP contribution in [0.15, 0.2) is 47.1 Å². The van der Waals surface area contributed by atoms with Crippen LogP contribution in [0.25, 0.3) is 0 Å². The van der Waals surface area contributed by atoms with Gasteiger partial charge in [0.05, 0.1) is 24.1 Å². The van der Waals surface area contributed by atoms with Gasteiger partial charge in [0.15, 0.2) is 0 Å². The van der Waals surface area contributed by atoms with Crippen molar-refractivity contribution in [2.24, 2.45) is 11.8 Å². The van der Waals surface area contributed by atoms with E-state index < -0.39 is 5.41 Å². The van der Waals surface area contributed by atoms with Crippen molar-refractivity contribution in [3.8, 4) is 0 Å². The van der Waals surface area contributed by atoms with E-state index in [-0.39, 0.29) is 17.7 Å². The molecule has 128 valence electrons. The SMILES string of the molecule is O=C(NCc1ccco1)C1CC12C(=O)N(CC1CC1)c1ccccc12. The molecule has 5 heteroatoms.